The molecule has 0 unspecified atom stereocenters. The third kappa shape index (κ3) is 5.63. The molecule has 0 saturated heterocycles. The maximum Gasteiger partial charge on any atom is 0.416 e. The molecule has 0 spiro atoms. The van der Waals surface area contributed by atoms with Gasteiger partial charge in [0.2, 0.25) is 11.8 Å². The highest BCUT2D eigenvalue weighted by molar-refractivity contribution is 5.87. The first-order chi connectivity index (χ1) is 11.8. The number of hydrogen-bond acceptors (Lipinski definition) is 2. The monoisotopic (exact) mass is 350 g/mol. The molecule has 1 atom stereocenters. The third-order valence-corrected chi connectivity index (χ3v) is 3.58. The van der Waals surface area contributed by atoms with Gasteiger partial charge in [0.05, 0.1) is 12.0 Å². The number of primary amides is 1. The summed E-state index contributed by atoms with van der Waals surface area (Å²) in [7, 11) is 0. The Balaban J connectivity index is 2.06. The molecular weight excluding hydrogens is 333 g/mol. The van der Waals surface area contributed by atoms with E-state index in [2.05, 4.69) is 5.32 Å². The highest BCUT2D eigenvalue weighted by Gasteiger charge is 2.30. The number of halogens is 3. The molecule has 2 aromatic carbocycles. The smallest absolute Gasteiger partial charge is 0.368 e. The molecule has 2 amide bonds. The van der Waals surface area contributed by atoms with E-state index in [1.165, 1.54) is 12.1 Å². The summed E-state index contributed by atoms with van der Waals surface area (Å²) in [5.74, 6) is -1.24. The molecule has 0 radical (unpaired) electrons. The van der Waals surface area contributed by atoms with Crippen molar-refractivity contribution in [2.45, 2.75) is 25.1 Å². The molecule has 7 heteroatoms. The fourth-order valence-corrected chi connectivity index (χ4v) is 2.36. The topological polar surface area (TPSA) is 72.2 Å². The first kappa shape index (κ1) is 18.5. The van der Waals surface area contributed by atoms with Crippen LogP contribution in [-0.4, -0.2) is 17.9 Å². The molecule has 132 valence electrons. The lowest BCUT2D eigenvalue weighted by molar-refractivity contribution is -0.137. The summed E-state index contributed by atoms with van der Waals surface area (Å²) in [5.41, 5.74) is 5.47. The van der Waals surface area contributed by atoms with E-state index in [0.29, 0.717) is 0 Å². The highest BCUT2D eigenvalue weighted by atomic mass is 19.4. The predicted octanol–water partition coefficient (Wildman–Crippen LogP) is 2.46. The Kier molecular flexibility index (Phi) is 5.80. The average Bonchev–Trinajstić information content (AvgIpc) is 2.54. The first-order valence-electron chi connectivity index (χ1n) is 7.54. The van der Waals surface area contributed by atoms with Crippen LogP contribution in [0.15, 0.2) is 54.6 Å². The summed E-state index contributed by atoms with van der Waals surface area (Å²) in [6.07, 6.45) is -4.54. The van der Waals surface area contributed by atoms with Crippen molar-refractivity contribution in [3.05, 3.63) is 71.3 Å². The molecule has 25 heavy (non-hydrogen) atoms. The van der Waals surface area contributed by atoms with Crippen LogP contribution < -0.4 is 11.1 Å². The Morgan fingerprint density at radius 2 is 1.64 bits per heavy atom. The van der Waals surface area contributed by atoms with Crippen LogP contribution in [0.5, 0.6) is 0 Å². The Labute approximate surface area is 142 Å². The normalized spacial score (nSPS) is 12.4. The number of amides is 2. The minimum absolute atomic E-state index is 0.0488. The number of hydrogen-bond donors (Lipinski definition) is 2. The van der Waals surface area contributed by atoms with Crippen molar-refractivity contribution in [2.24, 2.45) is 5.73 Å². The van der Waals surface area contributed by atoms with Crippen molar-refractivity contribution in [1.82, 2.24) is 5.32 Å². The highest BCUT2D eigenvalue weighted by Crippen LogP contribution is 2.29. The van der Waals surface area contributed by atoms with E-state index >= 15 is 0 Å². The van der Waals surface area contributed by atoms with Gasteiger partial charge in [-0.15, -0.1) is 0 Å². The van der Waals surface area contributed by atoms with Gasteiger partial charge in [-0.1, -0.05) is 48.5 Å². The quantitative estimate of drug-likeness (QED) is 0.840. The average molecular weight is 350 g/mol. The Morgan fingerprint density at radius 1 is 1.00 bits per heavy atom. The van der Waals surface area contributed by atoms with Crippen molar-refractivity contribution < 1.29 is 22.8 Å². The number of rotatable bonds is 6. The van der Waals surface area contributed by atoms with Gasteiger partial charge in [-0.25, -0.2) is 0 Å². The second kappa shape index (κ2) is 7.83. The number of benzene rings is 2. The number of carbonyl (C=O) groups is 2. The molecule has 0 saturated carbocycles. The lowest BCUT2D eigenvalue weighted by Crippen LogP contribution is -2.46. The fraction of sp³-hybridized carbons (Fsp3) is 0.222. The van der Waals surface area contributed by atoms with Gasteiger partial charge in [-0.3, -0.25) is 9.59 Å². The second-order valence-corrected chi connectivity index (χ2v) is 5.59. The van der Waals surface area contributed by atoms with Gasteiger partial charge in [-0.05, 0) is 17.2 Å². The van der Waals surface area contributed by atoms with Crippen molar-refractivity contribution in [3.63, 3.8) is 0 Å². The molecule has 2 aromatic rings. The largest absolute Gasteiger partial charge is 0.416 e. The van der Waals surface area contributed by atoms with Gasteiger partial charge in [-0.2, -0.15) is 13.2 Å². The standard InChI is InChI=1S/C18H17F3N2O2/c19-18(20,21)14-8-4-7-13(9-14)10-15(17(22)25)23-16(24)11-12-5-2-1-3-6-12/h1-9,15H,10-11H2,(H2,22,25)(H,23,24)/t15-/m0/s1. The van der Waals surface area contributed by atoms with Crippen LogP contribution in [0.2, 0.25) is 0 Å². The van der Waals surface area contributed by atoms with Gasteiger partial charge >= 0.3 is 6.18 Å². The maximum atomic E-state index is 12.8. The van der Waals surface area contributed by atoms with Crippen molar-refractivity contribution >= 4 is 11.8 Å². The van der Waals surface area contributed by atoms with E-state index in [1.807, 2.05) is 0 Å². The molecule has 0 aliphatic rings. The molecule has 2 rings (SSSR count). The lowest BCUT2D eigenvalue weighted by Gasteiger charge is -2.16. The summed E-state index contributed by atoms with van der Waals surface area (Å²) in [6.45, 7) is 0. The zero-order chi connectivity index (χ0) is 18.4. The van der Waals surface area contributed by atoms with E-state index in [-0.39, 0.29) is 18.4 Å². The zero-order valence-corrected chi connectivity index (χ0v) is 13.2. The lowest BCUT2D eigenvalue weighted by atomic mass is 10.0. The van der Waals surface area contributed by atoms with Gasteiger partial charge < -0.3 is 11.1 Å². The van der Waals surface area contributed by atoms with Crippen LogP contribution in [0, 0.1) is 0 Å². The molecule has 4 nitrogen and oxygen atoms in total. The van der Waals surface area contributed by atoms with E-state index in [4.69, 9.17) is 5.73 Å². The molecule has 3 N–H and O–H groups in total. The predicted molar refractivity (Wildman–Crippen MR) is 86.4 cm³/mol. The van der Waals surface area contributed by atoms with Crippen molar-refractivity contribution in [2.75, 3.05) is 0 Å². The number of nitrogens with two attached hydrogens (primary N) is 1. The van der Waals surface area contributed by atoms with Gasteiger partial charge in [0.25, 0.3) is 0 Å². The summed E-state index contributed by atoms with van der Waals surface area (Å²) in [6, 6.07) is 12.4. The van der Waals surface area contributed by atoms with Crippen LogP contribution in [-0.2, 0) is 28.6 Å². The van der Waals surface area contributed by atoms with Crippen molar-refractivity contribution in [3.8, 4) is 0 Å². The zero-order valence-electron chi connectivity index (χ0n) is 13.2. The van der Waals surface area contributed by atoms with E-state index in [1.54, 1.807) is 30.3 Å². The van der Waals surface area contributed by atoms with Gasteiger partial charge in [0, 0.05) is 6.42 Å². The third-order valence-electron chi connectivity index (χ3n) is 3.58. The minimum Gasteiger partial charge on any atom is -0.368 e. The van der Waals surface area contributed by atoms with Crippen LogP contribution in [0.1, 0.15) is 16.7 Å². The van der Waals surface area contributed by atoms with Crippen LogP contribution in [0.3, 0.4) is 0 Å². The van der Waals surface area contributed by atoms with Gasteiger partial charge in [0.1, 0.15) is 6.04 Å². The number of alkyl halides is 3. The summed E-state index contributed by atoms with van der Waals surface area (Å²) in [5, 5.41) is 2.48. The second-order valence-electron chi connectivity index (χ2n) is 5.59. The van der Waals surface area contributed by atoms with Crippen LogP contribution >= 0.6 is 0 Å². The minimum atomic E-state index is -4.48. The van der Waals surface area contributed by atoms with E-state index in [0.717, 1.165) is 17.7 Å². The van der Waals surface area contributed by atoms with E-state index < -0.39 is 29.6 Å². The Bertz CT molecular complexity index is 745. The molecule has 0 aliphatic carbocycles. The van der Waals surface area contributed by atoms with Crippen LogP contribution in [0.4, 0.5) is 13.2 Å². The molecule has 0 aliphatic heterocycles. The SMILES string of the molecule is NC(=O)[C@H](Cc1cccc(C(F)(F)F)c1)NC(=O)Cc1ccccc1. The number of nitrogens with one attached hydrogen (secondary N) is 1. The maximum absolute atomic E-state index is 12.8. The van der Waals surface area contributed by atoms with Gasteiger partial charge in [0.15, 0.2) is 0 Å². The van der Waals surface area contributed by atoms with Crippen molar-refractivity contribution in [1.29, 1.82) is 0 Å². The number of carbonyl (C=O) groups excluding carboxylic acids is 2. The Morgan fingerprint density at radius 3 is 2.24 bits per heavy atom. The summed E-state index contributed by atoms with van der Waals surface area (Å²) >= 11 is 0. The van der Waals surface area contributed by atoms with Crippen LogP contribution in [0.25, 0.3) is 0 Å². The van der Waals surface area contributed by atoms with E-state index in [9.17, 15) is 22.8 Å². The molecule has 0 aromatic heterocycles. The molecule has 0 bridgehead atoms. The summed E-state index contributed by atoms with van der Waals surface area (Å²) < 4.78 is 38.3. The molecule has 0 fully saturated rings. The molecule has 0 heterocycles. The summed E-state index contributed by atoms with van der Waals surface area (Å²) in [4.78, 5) is 23.6. The fourth-order valence-electron chi connectivity index (χ4n) is 2.36. The molecular formula is C18H17F3N2O2. The Hall–Kier alpha value is -2.83. The first-order valence-corrected chi connectivity index (χ1v) is 7.54.